The fourth-order valence-electron chi connectivity index (χ4n) is 9.24. The number of allylic oxidation sites excluding steroid dienone is 3. The topological polar surface area (TPSA) is 95.0 Å². The number of carbonyl (C=O) groups is 4. The molecule has 2 aliphatic carbocycles. The Morgan fingerprint density at radius 1 is 0.840 bits per heavy atom. The van der Waals surface area contributed by atoms with E-state index in [1.165, 1.54) is 9.80 Å². The number of amides is 4. The first-order chi connectivity index (χ1) is 24.3. The summed E-state index contributed by atoms with van der Waals surface area (Å²) in [5.41, 5.74) is 2.33. The minimum atomic E-state index is -1.46. The smallest absolute Gasteiger partial charge is 0.246 e. The maximum Gasteiger partial charge on any atom is 0.246 e. The summed E-state index contributed by atoms with van der Waals surface area (Å²) in [6.07, 6.45) is 4.60. The van der Waals surface area contributed by atoms with Crippen molar-refractivity contribution in [1.29, 1.82) is 0 Å². The van der Waals surface area contributed by atoms with Gasteiger partial charge in [0.25, 0.3) is 0 Å². The minimum Gasteiger partial charge on any atom is -0.507 e. The summed E-state index contributed by atoms with van der Waals surface area (Å²) in [5, 5.41) is 12.4. The highest BCUT2D eigenvalue weighted by Gasteiger charge is 2.70. The van der Waals surface area contributed by atoms with Crippen LogP contribution in [-0.4, -0.2) is 33.6 Å². The fourth-order valence-corrected chi connectivity index (χ4v) is 9.42. The van der Waals surface area contributed by atoms with Crippen LogP contribution in [0.5, 0.6) is 5.75 Å². The Hall–Kier alpha value is -5.27. The van der Waals surface area contributed by atoms with Crippen molar-refractivity contribution in [2.45, 2.75) is 37.1 Å². The lowest BCUT2D eigenvalue weighted by Gasteiger charge is -2.50. The van der Waals surface area contributed by atoms with Crippen LogP contribution in [0.25, 0.3) is 0 Å². The first-order valence-corrected chi connectivity index (χ1v) is 17.3. The van der Waals surface area contributed by atoms with Crippen LogP contribution in [0.2, 0.25) is 5.02 Å². The molecule has 0 aromatic heterocycles. The van der Waals surface area contributed by atoms with E-state index in [0.29, 0.717) is 40.2 Å². The molecule has 0 unspecified atom stereocenters. The van der Waals surface area contributed by atoms with Crippen LogP contribution in [-0.2, 0) is 37.6 Å². The van der Waals surface area contributed by atoms with Crippen molar-refractivity contribution < 1.29 is 24.3 Å². The van der Waals surface area contributed by atoms with Gasteiger partial charge in [0, 0.05) is 16.5 Å². The SMILES string of the molecule is C=CCc1cccc([C@H]2C3=CC[C@@H]4C(=O)N(Cc5ccccc5)C(=O)[C@@H]4[C@@H]3C[C@H]3C(=O)N(c4cccc(Cl)c4)C(=O)[C@@]23c2ccccc2)c1O. The second kappa shape index (κ2) is 12.3. The number of phenolic OH excluding ortho intramolecular Hbond substituents is 1. The van der Waals surface area contributed by atoms with Crippen molar-refractivity contribution in [1.82, 2.24) is 4.90 Å². The number of rotatable bonds is 7. The average molecular weight is 683 g/mol. The maximum atomic E-state index is 15.4. The van der Waals surface area contributed by atoms with Crippen molar-refractivity contribution in [3.8, 4) is 5.75 Å². The summed E-state index contributed by atoms with van der Waals surface area (Å²) < 4.78 is 0. The van der Waals surface area contributed by atoms with Crippen LogP contribution in [0.1, 0.15) is 41.0 Å². The zero-order valence-corrected chi connectivity index (χ0v) is 28.0. The van der Waals surface area contributed by atoms with Crippen molar-refractivity contribution in [3.05, 3.63) is 155 Å². The van der Waals surface area contributed by atoms with Gasteiger partial charge in [-0.15, -0.1) is 6.58 Å². The fraction of sp³-hybridized carbons (Fsp3) is 0.238. The zero-order chi connectivity index (χ0) is 34.7. The summed E-state index contributed by atoms with van der Waals surface area (Å²) in [7, 11) is 0. The molecule has 7 nitrogen and oxygen atoms in total. The van der Waals surface area contributed by atoms with Crippen LogP contribution in [0.3, 0.4) is 0 Å². The number of halogens is 1. The van der Waals surface area contributed by atoms with Crippen molar-refractivity contribution >= 4 is 40.9 Å². The number of aromatic hydroxyl groups is 1. The molecular weight excluding hydrogens is 648 g/mol. The van der Waals surface area contributed by atoms with Gasteiger partial charge in [-0.2, -0.15) is 0 Å². The van der Waals surface area contributed by atoms with Gasteiger partial charge in [-0.3, -0.25) is 24.1 Å². The van der Waals surface area contributed by atoms with Gasteiger partial charge in [-0.05, 0) is 60.1 Å². The van der Waals surface area contributed by atoms with E-state index in [1.807, 2.05) is 84.9 Å². The highest BCUT2D eigenvalue weighted by molar-refractivity contribution is 6.32. The zero-order valence-electron chi connectivity index (χ0n) is 27.2. The number of para-hydroxylation sites is 1. The largest absolute Gasteiger partial charge is 0.507 e. The van der Waals surface area contributed by atoms with Gasteiger partial charge in [0.15, 0.2) is 0 Å². The molecular formula is C42H35ClN2O5. The van der Waals surface area contributed by atoms with E-state index in [-0.39, 0.29) is 30.5 Å². The molecule has 50 heavy (non-hydrogen) atoms. The number of nitrogens with zero attached hydrogens (tertiary/aromatic N) is 2. The molecule has 4 aromatic rings. The van der Waals surface area contributed by atoms with Gasteiger partial charge < -0.3 is 5.11 Å². The standard InChI is InChI=1S/C42H35ClN2O5/c1-2-11-26-14-9-19-32(37(26)46)36-30-20-21-31-35(40(49)44(38(31)47)24-25-12-5-3-6-13-25)33(30)23-34-39(48)45(29-18-10-17-28(43)22-29)41(50)42(34,36)27-15-7-4-8-16-27/h2-10,12-20,22,31,33-36,46H,1,11,21,23-24H2/t31-,33+,34-,35-,36+,42+/m0/s1. The number of phenols is 1. The van der Waals surface area contributed by atoms with Gasteiger partial charge in [-0.25, -0.2) is 4.90 Å². The predicted octanol–water partition coefficient (Wildman–Crippen LogP) is 7.14. The van der Waals surface area contributed by atoms with Crippen molar-refractivity contribution in [2.75, 3.05) is 4.90 Å². The molecule has 0 spiro atoms. The average Bonchev–Trinajstić information content (AvgIpc) is 3.50. The number of imide groups is 2. The number of hydrogen-bond acceptors (Lipinski definition) is 5. The summed E-state index contributed by atoms with van der Waals surface area (Å²) >= 11 is 6.40. The molecule has 2 saturated heterocycles. The highest BCUT2D eigenvalue weighted by Crippen LogP contribution is 2.65. The molecule has 8 heteroatoms. The minimum absolute atomic E-state index is 0.0242. The van der Waals surface area contributed by atoms with E-state index in [4.69, 9.17) is 11.6 Å². The third-order valence-electron chi connectivity index (χ3n) is 11.3. The van der Waals surface area contributed by atoms with E-state index in [2.05, 4.69) is 6.58 Å². The Morgan fingerprint density at radius 2 is 1.56 bits per heavy atom. The van der Waals surface area contributed by atoms with Gasteiger partial charge in [-0.1, -0.05) is 114 Å². The molecule has 4 aromatic carbocycles. The Balaban J connectivity index is 1.35. The summed E-state index contributed by atoms with van der Waals surface area (Å²) in [6.45, 7) is 4.03. The molecule has 4 amide bonds. The quantitative estimate of drug-likeness (QED) is 0.165. The number of anilines is 1. The molecule has 1 saturated carbocycles. The van der Waals surface area contributed by atoms with Crippen LogP contribution >= 0.6 is 11.6 Å². The third kappa shape index (κ3) is 4.63. The van der Waals surface area contributed by atoms with Gasteiger partial charge in [0.05, 0.1) is 35.4 Å². The van der Waals surface area contributed by atoms with Crippen LogP contribution < -0.4 is 4.90 Å². The predicted molar refractivity (Wildman–Crippen MR) is 190 cm³/mol. The first-order valence-electron chi connectivity index (χ1n) is 17.0. The molecule has 2 aliphatic heterocycles. The number of fused-ring (bicyclic) bond motifs is 4. The van der Waals surface area contributed by atoms with E-state index in [9.17, 15) is 19.5 Å². The van der Waals surface area contributed by atoms with Crippen LogP contribution in [0.15, 0.2) is 127 Å². The monoisotopic (exact) mass is 682 g/mol. The molecule has 0 radical (unpaired) electrons. The second-order valence-electron chi connectivity index (χ2n) is 13.7. The molecule has 1 N–H and O–H groups in total. The lowest BCUT2D eigenvalue weighted by molar-refractivity contribution is -0.141. The van der Waals surface area contributed by atoms with Gasteiger partial charge in [0.1, 0.15) is 5.75 Å². The summed E-state index contributed by atoms with van der Waals surface area (Å²) in [6, 6.07) is 30.9. The van der Waals surface area contributed by atoms with Crippen molar-refractivity contribution in [2.24, 2.45) is 23.7 Å². The molecule has 0 bridgehead atoms. The van der Waals surface area contributed by atoms with Gasteiger partial charge in [0.2, 0.25) is 23.6 Å². The Kier molecular flexibility index (Phi) is 7.83. The third-order valence-corrected chi connectivity index (χ3v) is 11.5. The molecule has 4 aliphatic rings. The molecule has 6 atom stereocenters. The summed E-state index contributed by atoms with van der Waals surface area (Å²) in [4.78, 5) is 61.2. The molecule has 250 valence electrons. The van der Waals surface area contributed by atoms with E-state index in [0.717, 1.165) is 11.1 Å². The van der Waals surface area contributed by atoms with Gasteiger partial charge >= 0.3 is 0 Å². The Labute approximate surface area is 295 Å². The van der Waals surface area contributed by atoms with E-state index >= 15 is 4.79 Å². The maximum absolute atomic E-state index is 15.4. The highest BCUT2D eigenvalue weighted by atomic mass is 35.5. The van der Waals surface area contributed by atoms with E-state index < -0.39 is 46.8 Å². The second-order valence-corrected chi connectivity index (χ2v) is 14.1. The summed E-state index contributed by atoms with van der Waals surface area (Å²) in [5.74, 6) is -4.80. The van der Waals surface area contributed by atoms with E-state index in [1.54, 1.807) is 30.3 Å². The lowest BCUT2D eigenvalue weighted by atomic mass is 9.49. The normalized spacial score (nSPS) is 27.1. The Morgan fingerprint density at radius 3 is 2.28 bits per heavy atom. The number of likely N-dealkylation sites (tertiary alicyclic amines) is 1. The van der Waals surface area contributed by atoms with Crippen LogP contribution in [0, 0.1) is 23.7 Å². The number of carbonyl (C=O) groups excluding carboxylic acids is 4. The molecule has 8 rings (SSSR count). The number of hydrogen-bond donors (Lipinski definition) is 1. The number of benzene rings is 4. The Bertz CT molecular complexity index is 2100. The lowest BCUT2D eigenvalue weighted by Crippen LogP contribution is -2.53. The first kappa shape index (κ1) is 32.0. The van der Waals surface area contributed by atoms with Crippen LogP contribution in [0.4, 0.5) is 5.69 Å². The molecule has 3 fully saturated rings. The molecule has 2 heterocycles. The van der Waals surface area contributed by atoms with Crippen molar-refractivity contribution in [3.63, 3.8) is 0 Å².